The molecule has 0 spiro atoms. The van der Waals surface area contributed by atoms with Crippen molar-refractivity contribution in [3.63, 3.8) is 0 Å². The molecular formula is C14H23NO2. The molecule has 0 fully saturated rings. The molecule has 2 atom stereocenters. The Morgan fingerprint density at radius 2 is 2.06 bits per heavy atom. The first-order chi connectivity index (χ1) is 8.13. The van der Waals surface area contributed by atoms with Crippen LogP contribution in [-0.4, -0.2) is 30.4 Å². The fourth-order valence-corrected chi connectivity index (χ4v) is 1.44. The van der Waals surface area contributed by atoms with Gasteiger partial charge in [0, 0.05) is 12.6 Å². The minimum atomic E-state index is -0.469. The van der Waals surface area contributed by atoms with Crippen LogP contribution in [0.4, 0.5) is 0 Å². The number of benzene rings is 1. The standard InChI is InChI=1S/C14H23NO2/c1-4-12(3)15-9-13(16)10-17-14-8-6-5-7-11(14)2/h5-8,12-13,15-16H,4,9-10H2,1-3H3/t12-,13-/m0/s1. The van der Waals surface area contributed by atoms with Gasteiger partial charge in [0.25, 0.3) is 0 Å². The molecular weight excluding hydrogens is 214 g/mol. The van der Waals surface area contributed by atoms with Crippen LogP contribution in [0.5, 0.6) is 5.75 Å². The van der Waals surface area contributed by atoms with Gasteiger partial charge in [-0.2, -0.15) is 0 Å². The zero-order chi connectivity index (χ0) is 12.7. The predicted octanol–water partition coefficient (Wildman–Crippen LogP) is 2.12. The lowest BCUT2D eigenvalue weighted by molar-refractivity contribution is 0.103. The largest absolute Gasteiger partial charge is 0.491 e. The monoisotopic (exact) mass is 237 g/mol. The van der Waals surface area contributed by atoms with Crippen LogP contribution in [0.15, 0.2) is 24.3 Å². The molecule has 1 rings (SSSR count). The zero-order valence-corrected chi connectivity index (χ0v) is 10.9. The third-order valence-electron chi connectivity index (χ3n) is 2.84. The van der Waals surface area contributed by atoms with Crippen LogP contribution in [0.25, 0.3) is 0 Å². The lowest BCUT2D eigenvalue weighted by atomic mass is 10.2. The van der Waals surface area contributed by atoms with E-state index in [0.29, 0.717) is 19.2 Å². The highest BCUT2D eigenvalue weighted by molar-refractivity contribution is 5.31. The minimum absolute atomic E-state index is 0.328. The van der Waals surface area contributed by atoms with Crippen molar-refractivity contribution in [1.29, 1.82) is 0 Å². The van der Waals surface area contributed by atoms with Crippen molar-refractivity contribution >= 4 is 0 Å². The molecule has 0 aliphatic heterocycles. The second kappa shape index (κ2) is 7.30. The van der Waals surface area contributed by atoms with E-state index in [1.54, 1.807) is 0 Å². The van der Waals surface area contributed by atoms with E-state index in [1.807, 2.05) is 31.2 Å². The summed E-state index contributed by atoms with van der Waals surface area (Å²) in [7, 11) is 0. The second-order valence-corrected chi connectivity index (χ2v) is 4.45. The Balaban J connectivity index is 2.28. The number of aryl methyl sites for hydroxylation is 1. The Morgan fingerprint density at radius 3 is 2.71 bits per heavy atom. The number of nitrogens with one attached hydrogen (secondary N) is 1. The van der Waals surface area contributed by atoms with Gasteiger partial charge in [-0.3, -0.25) is 0 Å². The molecule has 0 bridgehead atoms. The summed E-state index contributed by atoms with van der Waals surface area (Å²) in [4.78, 5) is 0. The van der Waals surface area contributed by atoms with Gasteiger partial charge in [0.2, 0.25) is 0 Å². The summed E-state index contributed by atoms with van der Waals surface area (Å²) in [6.07, 6.45) is 0.592. The first kappa shape index (κ1) is 14.0. The van der Waals surface area contributed by atoms with Gasteiger partial charge in [0.1, 0.15) is 18.5 Å². The van der Waals surface area contributed by atoms with Crippen LogP contribution in [-0.2, 0) is 0 Å². The molecule has 0 heterocycles. The second-order valence-electron chi connectivity index (χ2n) is 4.45. The summed E-state index contributed by atoms with van der Waals surface area (Å²) in [5.41, 5.74) is 1.09. The molecule has 0 aliphatic rings. The molecule has 0 radical (unpaired) electrons. The minimum Gasteiger partial charge on any atom is -0.491 e. The Labute approximate surface area is 104 Å². The first-order valence-electron chi connectivity index (χ1n) is 6.23. The molecule has 2 N–H and O–H groups in total. The van der Waals surface area contributed by atoms with Gasteiger partial charge in [-0.1, -0.05) is 25.1 Å². The molecule has 17 heavy (non-hydrogen) atoms. The van der Waals surface area contributed by atoms with Crippen LogP contribution >= 0.6 is 0 Å². The fraction of sp³-hybridized carbons (Fsp3) is 0.571. The van der Waals surface area contributed by atoms with Gasteiger partial charge in [-0.05, 0) is 31.9 Å². The van der Waals surface area contributed by atoms with Gasteiger partial charge in [0.05, 0.1) is 0 Å². The molecule has 0 saturated carbocycles. The van der Waals surface area contributed by atoms with E-state index < -0.39 is 6.10 Å². The number of aliphatic hydroxyl groups excluding tert-OH is 1. The smallest absolute Gasteiger partial charge is 0.122 e. The lowest BCUT2D eigenvalue weighted by Crippen LogP contribution is -2.36. The van der Waals surface area contributed by atoms with Gasteiger partial charge in [-0.15, -0.1) is 0 Å². The van der Waals surface area contributed by atoms with E-state index >= 15 is 0 Å². The SMILES string of the molecule is CC[C@H](C)NC[C@H](O)COc1ccccc1C. The highest BCUT2D eigenvalue weighted by atomic mass is 16.5. The van der Waals surface area contributed by atoms with Gasteiger partial charge < -0.3 is 15.2 Å². The van der Waals surface area contributed by atoms with Crippen LogP contribution in [0.1, 0.15) is 25.8 Å². The summed E-state index contributed by atoms with van der Waals surface area (Å²) in [6, 6.07) is 8.27. The zero-order valence-electron chi connectivity index (χ0n) is 10.9. The van der Waals surface area contributed by atoms with E-state index in [4.69, 9.17) is 4.74 Å². The topological polar surface area (TPSA) is 41.5 Å². The molecule has 0 amide bonds. The average molecular weight is 237 g/mol. The van der Waals surface area contributed by atoms with Gasteiger partial charge in [0.15, 0.2) is 0 Å². The molecule has 1 aromatic carbocycles. The van der Waals surface area contributed by atoms with Crippen molar-refractivity contribution in [3.05, 3.63) is 29.8 Å². The number of ether oxygens (including phenoxy) is 1. The maximum absolute atomic E-state index is 9.76. The highest BCUT2D eigenvalue weighted by Gasteiger charge is 2.07. The molecule has 0 aromatic heterocycles. The van der Waals surface area contributed by atoms with Gasteiger partial charge >= 0.3 is 0 Å². The predicted molar refractivity (Wildman–Crippen MR) is 70.4 cm³/mol. The summed E-state index contributed by atoms with van der Waals surface area (Å²) >= 11 is 0. The summed E-state index contributed by atoms with van der Waals surface area (Å²) in [5.74, 6) is 0.843. The van der Waals surface area contributed by atoms with Crippen molar-refractivity contribution in [1.82, 2.24) is 5.32 Å². The summed E-state index contributed by atoms with van der Waals surface area (Å²) in [6.45, 7) is 7.12. The van der Waals surface area contributed by atoms with Crippen LogP contribution in [0, 0.1) is 6.92 Å². The molecule has 3 nitrogen and oxygen atoms in total. The van der Waals surface area contributed by atoms with Crippen LogP contribution in [0.2, 0.25) is 0 Å². The van der Waals surface area contributed by atoms with E-state index in [0.717, 1.165) is 17.7 Å². The number of hydrogen-bond donors (Lipinski definition) is 2. The maximum atomic E-state index is 9.76. The fourth-order valence-electron chi connectivity index (χ4n) is 1.44. The van der Waals surface area contributed by atoms with Crippen molar-refractivity contribution in [3.8, 4) is 5.75 Å². The van der Waals surface area contributed by atoms with Gasteiger partial charge in [-0.25, -0.2) is 0 Å². The van der Waals surface area contributed by atoms with Crippen LogP contribution < -0.4 is 10.1 Å². The Morgan fingerprint density at radius 1 is 1.35 bits per heavy atom. The normalized spacial score (nSPS) is 14.4. The van der Waals surface area contributed by atoms with E-state index in [-0.39, 0.29) is 0 Å². The van der Waals surface area contributed by atoms with E-state index in [1.165, 1.54) is 0 Å². The number of aliphatic hydroxyl groups is 1. The van der Waals surface area contributed by atoms with Crippen LogP contribution in [0.3, 0.4) is 0 Å². The maximum Gasteiger partial charge on any atom is 0.122 e. The molecule has 3 heteroatoms. The van der Waals surface area contributed by atoms with Crippen molar-refractivity contribution in [2.45, 2.75) is 39.3 Å². The van der Waals surface area contributed by atoms with Crippen molar-refractivity contribution in [2.75, 3.05) is 13.2 Å². The van der Waals surface area contributed by atoms with Crippen molar-refractivity contribution < 1.29 is 9.84 Å². The Bertz CT molecular complexity index is 328. The molecule has 0 saturated heterocycles. The summed E-state index contributed by atoms with van der Waals surface area (Å²) < 4.78 is 5.57. The average Bonchev–Trinajstić information content (AvgIpc) is 2.35. The molecule has 0 unspecified atom stereocenters. The van der Waals surface area contributed by atoms with E-state index in [9.17, 15) is 5.11 Å². The van der Waals surface area contributed by atoms with Crippen molar-refractivity contribution in [2.24, 2.45) is 0 Å². The molecule has 1 aromatic rings. The Kier molecular flexibility index (Phi) is 6.01. The van der Waals surface area contributed by atoms with E-state index in [2.05, 4.69) is 19.2 Å². The lowest BCUT2D eigenvalue weighted by Gasteiger charge is -2.17. The number of hydrogen-bond acceptors (Lipinski definition) is 3. The molecule has 96 valence electrons. The first-order valence-corrected chi connectivity index (χ1v) is 6.23. The third kappa shape index (κ3) is 5.20. The summed E-state index contributed by atoms with van der Waals surface area (Å²) in [5, 5.41) is 13.0. The quantitative estimate of drug-likeness (QED) is 0.763. The number of para-hydroxylation sites is 1. The highest BCUT2D eigenvalue weighted by Crippen LogP contribution is 2.16. The third-order valence-corrected chi connectivity index (χ3v) is 2.84. The number of rotatable bonds is 7. The molecule has 0 aliphatic carbocycles. The Hall–Kier alpha value is -1.06.